The SMILES string of the molecule is C[C@@H](C(=O)NC(C)(C)C)N1CCC[C@@H](C(=O)Nc2ccc(Cl)cn2)C1. The average Bonchev–Trinajstić information content (AvgIpc) is 2.54. The van der Waals surface area contributed by atoms with Crippen LogP contribution >= 0.6 is 11.6 Å². The molecule has 25 heavy (non-hydrogen) atoms. The Morgan fingerprint density at radius 3 is 2.68 bits per heavy atom. The largest absolute Gasteiger partial charge is 0.350 e. The van der Waals surface area contributed by atoms with E-state index in [-0.39, 0.29) is 29.3 Å². The maximum absolute atomic E-state index is 12.5. The molecule has 1 aliphatic rings. The molecule has 2 amide bonds. The molecule has 1 aromatic heterocycles. The molecular formula is C18H27ClN4O2. The molecule has 0 radical (unpaired) electrons. The van der Waals surface area contributed by atoms with Crippen molar-refractivity contribution in [1.29, 1.82) is 0 Å². The number of nitrogens with zero attached hydrogens (tertiary/aromatic N) is 2. The molecule has 0 spiro atoms. The fourth-order valence-corrected chi connectivity index (χ4v) is 3.00. The van der Waals surface area contributed by atoms with Gasteiger partial charge in [-0.05, 0) is 59.2 Å². The molecule has 2 N–H and O–H groups in total. The van der Waals surface area contributed by atoms with Gasteiger partial charge in [-0.25, -0.2) is 4.98 Å². The Hall–Kier alpha value is -1.66. The molecular weight excluding hydrogens is 340 g/mol. The van der Waals surface area contributed by atoms with Crippen LogP contribution in [0.15, 0.2) is 18.3 Å². The Balaban J connectivity index is 1.94. The Morgan fingerprint density at radius 1 is 1.36 bits per heavy atom. The number of piperidine rings is 1. The van der Waals surface area contributed by atoms with Crippen LogP contribution in [-0.2, 0) is 9.59 Å². The van der Waals surface area contributed by atoms with Crippen molar-refractivity contribution in [1.82, 2.24) is 15.2 Å². The first-order valence-corrected chi connectivity index (χ1v) is 9.02. The lowest BCUT2D eigenvalue weighted by atomic mass is 9.95. The Bertz CT molecular complexity index is 612. The summed E-state index contributed by atoms with van der Waals surface area (Å²) in [6.07, 6.45) is 3.20. The van der Waals surface area contributed by atoms with Gasteiger partial charge in [-0.3, -0.25) is 14.5 Å². The first-order valence-electron chi connectivity index (χ1n) is 8.64. The van der Waals surface area contributed by atoms with Crippen molar-refractivity contribution in [3.05, 3.63) is 23.4 Å². The van der Waals surface area contributed by atoms with E-state index in [1.54, 1.807) is 12.1 Å². The van der Waals surface area contributed by atoms with Crippen molar-refractivity contribution in [3.8, 4) is 0 Å². The summed E-state index contributed by atoms with van der Waals surface area (Å²) in [7, 11) is 0. The zero-order valence-electron chi connectivity index (χ0n) is 15.3. The van der Waals surface area contributed by atoms with E-state index in [0.717, 1.165) is 19.4 Å². The van der Waals surface area contributed by atoms with Crippen molar-refractivity contribution in [2.75, 3.05) is 18.4 Å². The molecule has 6 nitrogen and oxygen atoms in total. The summed E-state index contributed by atoms with van der Waals surface area (Å²) in [6, 6.07) is 3.11. The van der Waals surface area contributed by atoms with Crippen molar-refractivity contribution in [2.24, 2.45) is 5.92 Å². The van der Waals surface area contributed by atoms with E-state index in [0.29, 0.717) is 17.4 Å². The third-order valence-corrected chi connectivity index (χ3v) is 4.45. The summed E-state index contributed by atoms with van der Waals surface area (Å²) in [5.41, 5.74) is -0.266. The number of rotatable bonds is 4. The maximum atomic E-state index is 12.5. The highest BCUT2D eigenvalue weighted by atomic mass is 35.5. The second kappa shape index (κ2) is 8.15. The number of halogens is 1. The van der Waals surface area contributed by atoms with E-state index in [4.69, 9.17) is 11.6 Å². The van der Waals surface area contributed by atoms with Crippen molar-refractivity contribution in [2.45, 2.75) is 52.1 Å². The van der Waals surface area contributed by atoms with E-state index in [1.165, 1.54) is 6.20 Å². The van der Waals surface area contributed by atoms with Crippen LogP contribution in [0.1, 0.15) is 40.5 Å². The van der Waals surface area contributed by atoms with Crippen molar-refractivity contribution in [3.63, 3.8) is 0 Å². The van der Waals surface area contributed by atoms with Crippen molar-refractivity contribution < 1.29 is 9.59 Å². The molecule has 0 aliphatic carbocycles. The first kappa shape index (κ1) is 19.7. The predicted octanol–water partition coefficient (Wildman–Crippen LogP) is 2.69. The van der Waals surface area contributed by atoms with E-state index in [2.05, 4.69) is 20.5 Å². The number of pyridine rings is 1. The summed E-state index contributed by atoms with van der Waals surface area (Å²) in [4.78, 5) is 31.1. The van der Waals surface area contributed by atoms with Crippen LogP contribution in [0.4, 0.5) is 5.82 Å². The lowest BCUT2D eigenvalue weighted by molar-refractivity contribution is -0.130. The van der Waals surface area contributed by atoms with E-state index >= 15 is 0 Å². The van der Waals surface area contributed by atoms with E-state index in [9.17, 15) is 9.59 Å². The van der Waals surface area contributed by atoms with Gasteiger partial charge in [0.2, 0.25) is 11.8 Å². The highest BCUT2D eigenvalue weighted by Gasteiger charge is 2.32. The minimum absolute atomic E-state index is 0.00655. The maximum Gasteiger partial charge on any atom is 0.237 e. The number of anilines is 1. The normalized spacial score (nSPS) is 20.0. The highest BCUT2D eigenvalue weighted by Crippen LogP contribution is 2.21. The number of likely N-dealkylation sites (tertiary alicyclic amines) is 1. The van der Waals surface area contributed by atoms with Crippen LogP contribution in [-0.4, -0.2) is 46.4 Å². The molecule has 1 fully saturated rings. The number of carbonyl (C=O) groups excluding carboxylic acids is 2. The molecule has 2 heterocycles. The van der Waals surface area contributed by atoms with Gasteiger partial charge in [0.1, 0.15) is 5.82 Å². The third kappa shape index (κ3) is 5.97. The Morgan fingerprint density at radius 2 is 2.08 bits per heavy atom. The number of amides is 2. The van der Waals surface area contributed by atoms with Gasteiger partial charge in [-0.15, -0.1) is 0 Å². The van der Waals surface area contributed by atoms with Crippen LogP contribution < -0.4 is 10.6 Å². The smallest absolute Gasteiger partial charge is 0.237 e. The predicted molar refractivity (Wildman–Crippen MR) is 99.5 cm³/mol. The average molecular weight is 367 g/mol. The third-order valence-electron chi connectivity index (χ3n) is 4.23. The molecule has 0 aromatic carbocycles. The van der Waals surface area contributed by atoms with E-state index in [1.807, 2.05) is 27.7 Å². The highest BCUT2D eigenvalue weighted by molar-refractivity contribution is 6.30. The van der Waals surface area contributed by atoms with Crippen molar-refractivity contribution >= 4 is 29.2 Å². The fourth-order valence-electron chi connectivity index (χ4n) is 2.89. The second-order valence-electron chi connectivity index (χ2n) is 7.60. The van der Waals surface area contributed by atoms with Crippen LogP contribution in [0.25, 0.3) is 0 Å². The van der Waals surface area contributed by atoms with Crippen LogP contribution in [0, 0.1) is 5.92 Å². The van der Waals surface area contributed by atoms with Gasteiger partial charge in [0, 0.05) is 18.3 Å². The molecule has 7 heteroatoms. The lowest BCUT2D eigenvalue weighted by Crippen LogP contribution is -2.54. The monoisotopic (exact) mass is 366 g/mol. The second-order valence-corrected chi connectivity index (χ2v) is 8.04. The number of hydrogen-bond donors (Lipinski definition) is 2. The number of nitrogens with one attached hydrogen (secondary N) is 2. The molecule has 2 rings (SSSR count). The number of carbonyl (C=O) groups is 2. The van der Waals surface area contributed by atoms with Crippen LogP contribution in [0.2, 0.25) is 5.02 Å². The van der Waals surface area contributed by atoms with Gasteiger partial charge in [-0.1, -0.05) is 11.6 Å². The van der Waals surface area contributed by atoms with E-state index < -0.39 is 0 Å². The topological polar surface area (TPSA) is 74.3 Å². The van der Waals surface area contributed by atoms with Gasteiger partial charge < -0.3 is 10.6 Å². The first-order chi connectivity index (χ1) is 11.7. The quantitative estimate of drug-likeness (QED) is 0.859. The molecule has 1 saturated heterocycles. The van der Waals surface area contributed by atoms with Gasteiger partial charge in [0.15, 0.2) is 0 Å². The van der Waals surface area contributed by atoms with Crippen LogP contribution in [0.3, 0.4) is 0 Å². The molecule has 0 saturated carbocycles. The molecule has 1 aliphatic heterocycles. The Labute approximate surface area is 154 Å². The molecule has 2 atom stereocenters. The fraction of sp³-hybridized carbons (Fsp3) is 0.611. The minimum Gasteiger partial charge on any atom is -0.350 e. The van der Waals surface area contributed by atoms with Gasteiger partial charge in [0.25, 0.3) is 0 Å². The number of hydrogen-bond acceptors (Lipinski definition) is 4. The summed E-state index contributed by atoms with van der Waals surface area (Å²) in [6.45, 7) is 9.16. The van der Waals surface area contributed by atoms with Crippen LogP contribution in [0.5, 0.6) is 0 Å². The minimum atomic E-state index is -0.266. The molecule has 1 aromatic rings. The summed E-state index contributed by atoms with van der Waals surface area (Å²) in [5, 5.41) is 6.36. The molecule has 0 bridgehead atoms. The summed E-state index contributed by atoms with van der Waals surface area (Å²) in [5.74, 6) is 0.261. The molecule has 138 valence electrons. The van der Waals surface area contributed by atoms with Gasteiger partial charge >= 0.3 is 0 Å². The standard InChI is InChI=1S/C18H27ClN4O2/c1-12(16(24)22-18(2,3)4)23-9-5-6-13(11-23)17(25)21-15-8-7-14(19)10-20-15/h7-8,10,12-13H,5-6,9,11H2,1-4H3,(H,22,24)(H,20,21,25)/t12-,13+/m0/s1. The summed E-state index contributed by atoms with van der Waals surface area (Å²) < 4.78 is 0. The zero-order chi connectivity index (χ0) is 18.6. The Kier molecular flexibility index (Phi) is 6.41. The lowest BCUT2D eigenvalue weighted by Gasteiger charge is -2.36. The summed E-state index contributed by atoms with van der Waals surface area (Å²) >= 11 is 5.81. The zero-order valence-corrected chi connectivity index (χ0v) is 16.1. The molecule has 0 unspecified atom stereocenters. The number of aromatic nitrogens is 1. The van der Waals surface area contributed by atoms with Gasteiger partial charge in [-0.2, -0.15) is 0 Å². The van der Waals surface area contributed by atoms with Gasteiger partial charge in [0.05, 0.1) is 17.0 Å².